The lowest BCUT2D eigenvalue weighted by Crippen LogP contribution is -2.39. The molecule has 1 aliphatic rings. The van der Waals surface area contributed by atoms with Crippen molar-refractivity contribution in [3.05, 3.63) is 67.5 Å². The molecule has 0 saturated heterocycles. The minimum atomic E-state index is -0.672. The molecule has 11 heteroatoms. The maximum Gasteiger partial charge on any atom is 0.332 e. The molecule has 2 heterocycles. The second-order valence-corrected chi connectivity index (χ2v) is 9.34. The summed E-state index contributed by atoms with van der Waals surface area (Å²) in [5, 5.41) is -0.0440. The number of nitrogens with zero attached hydrogens (tertiary/aromatic N) is 3. The number of benzene rings is 1. The van der Waals surface area contributed by atoms with Gasteiger partial charge in [0.15, 0.2) is 11.6 Å². The van der Waals surface area contributed by atoms with Gasteiger partial charge in [0.05, 0.1) is 22.2 Å². The maximum absolute atomic E-state index is 13.6. The van der Waals surface area contributed by atoms with Crippen molar-refractivity contribution in [2.75, 3.05) is 0 Å². The molecule has 3 aromatic rings. The number of halogens is 2. The van der Waals surface area contributed by atoms with Crippen molar-refractivity contribution >= 4 is 71.5 Å². The van der Waals surface area contributed by atoms with Gasteiger partial charge in [0, 0.05) is 29.5 Å². The molecule has 0 fully saturated rings. The molecule has 32 heavy (non-hydrogen) atoms. The van der Waals surface area contributed by atoms with Crippen LogP contribution in [0.5, 0.6) is 0 Å². The molecular formula is C21H15Cl2N3O4S2. The van der Waals surface area contributed by atoms with Gasteiger partial charge >= 0.3 is 5.69 Å². The predicted octanol–water partition coefficient (Wildman–Crippen LogP) is 4.15. The van der Waals surface area contributed by atoms with E-state index in [1.54, 1.807) is 25.1 Å². The molecular weight excluding hydrogens is 493 g/mol. The number of rotatable bonds is 4. The van der Waals surface area contributed by atoms with Gasteiger partial charge in [0.1, 0.15) is 5.65 Å². The molecule has 0 N–H and O–H groups in total. The smallest absolute Gasteiger partial charge is 0.289 e. The Kier molecular flexibility index (Phi) is 6.10. The lowest BCUT2D eigenvalue weighted by molar-refractivity contribution is 0.100. The monoisotopic (exact) mass is 507 g/mol. The van der Waals surface area contributed by atoms with E-state index >= 15 is 0 Å². The second kappa shape index (κ2) is 8.55. The van der Waals surface area contributed by atoms with E-state index in [0.29, 0.717) is 27.5 Å². The Morgan fingerprint density at radius 3 is 2.12 bits per heavy atom. The molecule has 0 unspecified atom stereocenters. The lowest BCUT2D eigenvalue weighted by Gasteiger charge is -2.21. The van der Waals surface area contributed by atoms with Crippen LogP contribution in [0.25, 0.3) is 16.6 Å². The van der Waals surface area contributed by atoms with Gasteiger partial charge in [-0.3, -0.25) is 23.5 Å². The van der Waals surface area contributed by atoms with Gasteiger partial charge in [-0.2, -0.15) is 0 Å². The highest BCUT2D eigenvalue weighted by Gasteiger charge is 2.33. The molecule has 0 aliphatic heterocycles. The minimum Gasteiger partial charge on any atom is -0.289 e. The Bertz CT molecular complexity index is 1470. The number of aromatic nitrogens is 3. The first-order chi connectivity index (χ1) is 15.2. The van der Waals surface area contributed by atoms with E-state index in [4.69, 9.17) is 21.4 Å². The highest BCUT2D eigenvalue weighted by atomic mass is 35.7. The van der Waals surface area contributed by atoms with Gasteiger partial charge in [-0.05, 0) is 79.6 Å². The first kappa shape index (κ1) is 22.8. The summed E-state index contributed by atoms with van der Waals surface area (Å²) in [6.07, 6.45) is 1.54. The molecule has 0 radical (unpaired) electrons. The van der Waals surface area contributed by atoms with Crippen LogP contribution in [0.15, 0.2) is 43.7 Å². The highest BCUT2D eigenvalue weighted by Crippen LogP contribution is 2.37. The van der Waals surface area contributed by atoms with Gasteiger partial charge < -0.3 is 0 Å². The normalized spacial score (nSPS) is 13.5. The fourth-order valence-electron chi connectivity index (χ4n) is 3.82. The summed E-state index contributed by atoms with van der Waals surface area (Å²) < 4.78 is 2.11. The van der Waals surface area contributed by atoms with Crippen LogP contribution in [0.4, 0.5) is 0 Å². The summed E-state index contributed by atoms with van der Waals surface area (Å²) >= 11 is 0. The van der Waals surface area contributed by atoms with Gasteiger partial charge in [0.25, 0.3) is 5.56 Å². The van der Waals surface area contributed by atoms with Gasteiger partial charge in [-0.1, -0.05) is 6.92 Å². The average Bonchev–Trinajstić information content (AvgIpc) is 2.81. The zero-order valence-electron chi connectivity index (χ0n) is 17.1. The SMILES string of the molecule is CCc1nc2c(c3c1C(=O)C(c1cc(SCl)cc(SCl)c1)=CC3=O)c(=O)n(C)c(=O)n2C. The third-order valence-corrected chi connectivity index (χ3v) is 7.26. The van der Waals surface area contributed by atoms with Crippen LogP contribution in [0, 0.1) is 0 Å². The number of pyridine rings is 1. The van der Waals surface area contributed by atoms with Crippen LogP contribution in [0.1, 0.15) is 38.9 Å². The van der Waals surface area contributed by atoms with Crippen molar-refractivity contribution in [3.63, 3.8) is 0 Å². The highest BCUT2D eigenvalue weighted by molar-refractivity contribution is 8.21. The van der Waals surface area contributed by atoms with Crippen LogP contribution in [0.3, 0.4) is 0 Å². The molecule has 1 aromatic carbocycles. The molecule has 0 atom stereocenters. The Balaban J connectivity index is 2.08. The van der Waals surface area contributed by atoms with Gasteiger partial charge in [-0.15, -0.1) is 0 Å². The molecule has 7 nitrogen and oxygen atoms in total. The zero-order chi connectivity index (χ0) is 23.3. The van der Waals surface area contributed by atoms with Crippen molar-refractivity contribution < 1.29 is 9.59 Å². The number of carbonyl (C=O) groups is 2. The molecule has 0 saturated carbocycles. The first-order valence-electron chi connectivity index (χ1n) is 9.39. The number of fused-ring (bicyclic) bond motifs is 3. The Labute approximate surface area is 199 Å². The third kappa shape index (κ3) is 3.44. The van der Waals surface area contributed by atoms with E-state index in [9.17, 15) is 19.2 Å². The first-order valence-corrected chi connectivity index (χ1v) is 12.7. The minimum absolute atomic E-state index is 0.0217. The van der Waals surface area contributed by atoms with Crippen molar-refractivity contribution in [1.82, 2.24) is 14.1 Å². The number of carbonyl (C=O) groups excluding carboxylic acids is 2. The van der Waals surface area contributed by atoms with Crippen LogP contribution in [0.2, 0.25) is 0 Å². The van der Waals surface area contributed by atoms with E-state index in [2.05, 4.69) is 4.98 Å². The summed E-state index contributed by atoms with van der Waals surface area (Å²) in [5.74, 6) is -0.930. The van der Waals surface area contributed by atoms with Crippen molar-refractivity contribution in [2.45, 2.75) is 23.1 Å². The van der Waals surface area contributed by atoms with Gasteiger partial charge in [-0.25, -0.2) is 9.78 Å². The second-order valence-electron chi connectivity index (χ2n) is 7.17. The van der Waals surface area contributed by atoms with E-state index in [0.717, 1.165) is 26.5 Å². The van der Waals surface area contributed by atoms with Crippen molar-refractivity contribution in [2.24, 2.45) is 14.1 Å². The lowest BCUT2D eigenvalue weighted by atomic mass is 9.83. The molecule has 4 rings (SSSR count). The molecule has 0 amide bonds. The number of hydrogen-bond donors (Lipinski definition) is 0. The van der Waals surface area contributed by atoms with E-state index in [-0.39, 0.29) is 27.7 Å². The molecule has 2 aromatic heterocycles. The van der Waals surface area contributed by atoms with E-state index < -0.39 is 22.8 Å². The molecule has 0 bridgehead atoms. The van der Waals surface area contributed by atoms with Crippen LogP contribution < -0.4 is 11.2 Å². The van der Waals surface area contributed by atoms with E-state index in [1.807, 2.05) is 0 Å². The topological polar surface area (TPSA) is 91.0 Å². The van der Waals surface area contributed by atoms with E-state index in [1.165, 1.54) is 24.7 Å². The van der Waals surface area contributed by atoms with Crippen LogP contribution in [-0.4, -0.2) is 25.7 Å². The molecule has 0 spiro atoms. The Hall–Kier alpha value is -2.33. The molecule has 164 valence electrons. The van der Waals surface area contributed by atoms with Crippen molar-refractivity contribution in [1.29, 1.82) is 0 Å². The number of allylic oxidation sites excluding steroid dienone is 2. The number of aryl methyl sites for hydroxylation is 2. The maximum atomic E-state index is 13.6. The Morgan fingerprint density at radius 2 is 1.56 bits per heavy atom. The number of Topliss-reactive ketones (excluding diaryl/α,β-unsaturated/α-hetero) is 1. The standard InChI is InChI=1S/C21H15Cl2N3O4S2/c1-4-13-15-16(17-19(24-13)25(2)21(30)26(3)20(17)29)14(27)8-12(18(15)28)9-5-10(31-22)7-11(6-9)32-23/h5-8H,4H2,1-3H3. The summed E-state index contributed by atoms with van der Waals surface area (Å²) in [7, 11) is 16.5. The predicted molar refractivity (Wildman–Crippen MR) is 128 cm³/mol. The fourth-order valence-corrected chi connectivity index (χ4v) is 5.11. The summed E-state index contributed by atoms with van der Waals surface area (Å²) in [6, 6.07) is 5.15. The summed E-state index contributed by atoms with van der Waals surface area (Å²) in [4.78, 5) is 58.0. The Morgan fingerprint density at radius 1 is 0.938 bits per heavy atom. The van der Waals surface area contributed by atoms with Crippen LogP contribution in [-0.2, 0) is 20.5 Å². The van der Waals surface area contributed by atoms with Gasteiger partial charge in [0.2, 0.25) is 0 Å². The summed E-state index contributed by atoms with van der Waals surface area (Å²) in [5.41, 5.74) is -0.104. The third-order valence-electron chi connectivity index (χ3n) is 5.36. The van der Waals surface area contributed by atoms with Crippen LogP contribution >= 0.6 is 43.3 Å². The number of hydrogen-bond acceptors (Lipinski definition) is 7. The van der Waals surface area contributed by atoms with Crippen molar-refractivity contribution in [3.8, 4) is 0 Å². The molecule has 1 aliphatic carbocycles. The summed E-state index contributed by atoms with van der Waals surface area (Å²) in [6.45, 7) is 1.79. The largest absolute Gasteiger partial charge is 0.332 e. The average molecular weight is 508 g/mol. The zero-order valence-corrected chi connectivity index (χ0v) is 20.2. The number of ketones is 2. The quantitative estimate of drug-likeness (QED) is 0.523. The fraction of sp³-hybridized carbons (Fsp3) is 0.190.